The summed E-state index contributed by atoms with van der Waals surface area (Å²) in [6.07, 6.45) is 0.595. The van der Waals surface area contributed by atoms with Gasteiger partial charge in [0.1, 0.15) is 0 Å². The third kappa shape index (κ3) is 2.94. The maximum absolute atomic E-state index is 9.18. The van der Waals surface area contributed by atoms with Gasteiger partial charge in [0.2, 0.25) is 0 Å². The van der Waals surface area contributed by atoms with Gasteiger partial charge < -0.3 is 0 Å². The van der Waals surface area contributed by atoms with E-state index in [1.165, 1.54) is 10.8 Å². The molecule has 96 valence electrons. The van der Waals surface area contributed by atoms with Crippen LogP contribution in [0.3, 0.4) is 0 Å². The Kier molecular flexibility index (Phi) is 4.19. The van der Waals surface area contributed by atoms with E-state index in [1.807, 2.05) is 6.07 Å². The summed E-state index contributed by atoms with van der Waals surface area (Å²) >= 11 is 0. The van der Waals surface area contributed by atoms with Gasteiger partial charge in [-0.3, -0.25) is 0 Å². The lowest BCUT2D eigenvalue weighted by Crippen LogP contribution is -2.47. The van der Waals surface area contributed by atoms with Crippen LogP contribution in [0.4, 0.5) is 0 Å². The minimum absolute atomic E-state index is 0.348. The van der Waals surface area contributed by atoms with Crippen molar-refractivity contribution >= 4 is 13.3 Å². The Morgan fingerprint density at radius 1 is 0.947 bits per heavy atom. The molecule has 2 rings (SSSR count). The molecule has 0 aliphatic carbocycles. The van der Waals surface area contributed by atoms with E-state index in [9.17, 15) is 5.26 Å². The fraction of sp³-hybridized carbons (Fsp3) is 0.235. The highest BCUT2D eigenvalue weighted by Gasteiger charge is 2.34. The normalized spacial score (nSPS) is 12.7. The summed E-state index contributed by atoms with van der Waals surface area (Å²) in [6, 6.07) is 23.5. The zero-order valence-electron chi connectivity index (χ0n) is 11.5. The first-order chi connectivity index (χ1) is 9.16. The number of hydrogen-bond donors (Lipinski definition) is 0. The lowest BCUT2D eigenvalue weighted by atomic mass is 10.1. The van der Waals surface area contributed by atoms with Crippen LogP contribution in [-0.4, -0.2) is 8.07 Å². The Labute approximate surface area is 116 Å². The van der Waals surface area contributed by atoms with Gasteiger partial charge in [0, 0.05) is 6.42 Å². The number of rotatable bonds is 4. The van der Waals surface area contributed by atoms with E-state index in [4.69, 9.17) is 0 Å². The van der Waals surface area contributed by atoms with Crippen molar-refractivity contribution in [3.63, 3.8) is 0 Å². The van der Waals surface area contributed by atoms with Crippen molar-refractivity contribution in [3.05, 3.63) is 66.2 Å². The van der Waals surface area contributed by atoms with Crippen LogP contribution in [0.15, 0.2) is 60.7 Å². The molecule has 0 fully saturated rings. The van der Waals surface area contributed by atoms with Crippen molar-refractivity contribution in [2.45, 2.75) is 25.1 Å². The average molecular weight is 265 g/mol. The fourth-order valence-corrected chi connectivity index (χ4v) is 5.72. The van der Waals surface area contributed by atoms with Gasteiger partial charge in [-0.05, 0) is 11.1 Å². The van der Waals surface area contributed by atoms with E-state index >= 15 is 0 Å². The van der Waals surface area contributed by atoms with Crippen molar-refractivity contribution in [1.29, 1.82) is 5.26 Å². The molecule has 0 bridgehead atoms. The molecule has 0 heterocycles. The Balaban J connectivity index is 2.42. The van der Waals surface area contributed by atoms with Crippen LogP contribution in [-0.2, 0) is 0 Å². The molecule has 2 aromatic carbocycles. The minimum atomic E-state index is -1.69. The van der Waals surface area contributed by atoms with Crippen LogP contribution in [0.25, 0.3) is 0 Å². The van der Waals surface area contributed by atoms with Gasteiger partial charge in [-0.2, -0.15) is 5.26 Å². The predicted octanol–water partition coefficient (Wildman–Crippen LogP) is 3.84. The molecule has 2 aromatic rings. The Morgan fingerprint density at radius 3 is 2.00 bits per heavy atom. The van der Waals surface area contributed by atoms with Crippen molar-refractivity contribution in [1.82, 2.24) is 0 Å². The maximum Gasteiger partial charge on any atom is 0.0890 e. The maximum atomic E-state index is 9.18. The van der Waals surface area contributed by atoms with Crippen LogP contribution in [0.5, 0.6) is 0 Å². The Morgan fingerprint density at radius 2 is 1.47 bits per heavy atom. The molecule has 2 heteroatoms. The van der Waals surface area contributed by atoms with E-state index in [0.717, 1.165) is 0 Å². The smallest absolute Gasteiger partial charge is 0.0890 e. The van der Waals surface area contributed by atoms with E-state index in [-0.39, 0.29) is 0 Å². The molecule has 0 aliphatic heterocycles. The molecule has 0 N–H and O–H groups in total. The minimum Gasteiger partial charge on any atom is -0.198 e. The van der Waals surface area contributed by atoms with E-state index < -0.39 is 8.07 Å². The number of hydrogen-bond acceptors (Lipinski definition) is 1. The van der Waals surface area contributed by atoms with E-state index in [0.29, 0.717) is 12.0 Å². The molecule has 0 unspecified atom stereocenters. The summed E-state index contributed by atoms with van der Waals surface area (Å²) in [5.41, 5.74) is 1.64. The lowest BCUT2D eigenvalue weighted by molar-refractivity contribution is 0.924. The predicted molar refractivity (Wildman–Crippen MR) is 83.0 cm³/mol. The first-order valence-electron chi connectivity index (χ1n) is 6.63. The molecule has 0 radical (unpaired) electrons. The molecule has 1 atom stereocenters. The van der Waals surface area contributed by atoms with E-state index in [1.54, 1.807) is 0 Å². The van der Waals surface area contributed by atoms with Gasteiger partial charge in [-0.1, -0.05) is 78.9 Å². The quantitative estimate of drug-likeness (QED) is 0.771. The largest absolute Gasteiger partial charge is 0.198 e. The van der Waals surface area contributed by atoms with Gasteiger partial charge in [0.15, 0.2) is 0 Å². The summed E-state index contributed by atoms with van der Waals surface area (Å²) in [7, 11) is -1.69. The first kappa shape index (κ1) is 13.6. The summed E-state index contributed by atoms with van der Waals surface area (Å²) in [6.45, 7) is 4.72. The molecule has 19 heavy (non-hydrogen) atoms. The van der Waals surface area contributed by atoms with Crippen LogP contribution in [0.2, 0.25) is 13.1 Å². The van der Waals surface area contributed by atoms with Gasteiger partial charge in [-0.25, -0.2) is 0 Å². The number of benzene rings is 2. The Bertz CT molecular complexity index is 555. The lowest BCUT2D eigenvalue weighted by Gasteiger charge is -2.32. The highest BCUT2D eigenvalue weighted by molar-refractivity contribution is 6.90. The zero-order chi connectivity index (χ0) is 13.7. The fourth-order valence-electron chi connectivity index (χ4n) is 2.64. The number of nitrogens with zero attached hydrogens (tertiary/aromatic N) is 1. The summed E-state index contributed by atoms with van der Waals surface area (Å²) < 4.78 is 0. The van der Waals surface area contributed by atoms with Crippen molar-refractivity contribution in [2.24, 2.45) is 0 Å². The second-order valence-corrected chi connectivity index (χ2v) is 10.1. The topological polar surface area (TPSA) is 23.8 Å². The second kappa shape index (κ2) is 5.86. The van der Waals surface area contributed by atoms with Crippen molar-refractivity contribution < 1.29 is 0 Å². The van der Waals surface area contributed by atoms with Gasteiger partial charge in [0.05, 0.1) is 14.1 Å². The van der Waals surface area contributed by atoms with Crippen LogP contribution >= 0.6 is 0 Å². The summed E-state index contributed by atoms with van der Waals surface area (Å²) in [5, 5.41) is 10.6. The average Bonchev–Trinajstić information content (AvgIpc) is 2.46. The summed E-state index contributed by atoms with van der Waals surface area (Å²) in [4.78, 5) is 0. The van der Waals surface area contributed by atoms with E-state index in [2.05, 4.69) is 73.8 Å². The van der Waals surface area contributed by atoms with Crippen molar-refractivity contribution in [3.8, 4) is 6.07 Å². The highest BCUT2D eigenvalue weighted by Crippen LogP contribution is 2.29. The second-order valence-electron chi connectivity index (χ2n) is 5.41. The molecule has 0 amide bonds. The molecule has 0 saturated carbocycles. The third-order valence-corrected chi connectivity index (χ3v) is 7.99. The molecule has 1 nitrogen and oxygen atoms in total. The van der Waals surface area contributed by atoms with Crippen LogP contribution in [0.1, 0.15) is 17.5 Å². The molecular weight excluding hydrogens is 246 g/mol. The molecular formula is C17H19NSi. The third-order valence-electron chi connectivity index (χ3n) is 3.89. The standard InChI is InChI=1S/C17H19NSi/c1-19(2,16-11-7-4-8-12-16)17(13-14-18)15-9-5-3-6-10-15/h3-12,17H,13H2,1-2H3/t17-/m1/s1. The zero-order valence-corrected chi connectivity index (χ0v) is 12.5. The highest BCUT2D eigenvalue weighted by atomic mass is 28.3. The SMILES string of the molecule is C[Si](C)(c1ccccc1)[C@H](CC#N)c1ccccc1. The molecule has 0 aliphatic rings. The van der Waals surface area contributed by atoms with Crippen molar-refractivity contribution in [2.75, 3.05) is 0 Å². The molecule has 0 spiro atoms. The monoisotopic (exact) mass is 265 g/mol. The molecule has 0 aromatic heterocycles. The van der Waals surface area contributed by atoms with Gasteiger partial charge >= 0.3 is 0 Å². The Hall–Kier alpha value is -1.85. The summed E-state index contributed by atoms with van der Waals surface area (Å²) in [5.74, 6) is 0. The van der Waals surface area contributed by atoms with Crippen LogP contribution < -0.4 is 5.19 Å². The number of nitriles is 1. The van der Waals surface area contributed by atoms with Gasteiger partial charge in [0.25, 0.3) is 0 Å². The van der Waals surface area contributed by atoms with Crippen LogP contribution in [0, 0.1) is 11.3 Å². The van der Waals surface area contributed by atoms with Gasteiger partial charge in [-0.15, -0.1) is 0 Å². The first-order valence-corrected chi connectivity index (χ1v) is 9.71. The molecule has 0 saturated heterocycles.